The zero-order valence-corrected chi connectivity index (χ0v) is 13.4. The highest BCUT2D eigenvalue weighted by Gasteiger charge is 2.12. The summed E-state index contributed by atoms with van der Waals surface area (Å²) in [5.74, 6) is 0.251. The van der Waals surface area contributed by atoms with Crippen molar-refractivity contribution in [2.24, 2.45) is 0 Å². The van der Waals surface area contributed by atoms with Crippen molar-refractivity contribution in [3.63, 3.8) is 0 Å². The van der Waals surface area contributed by atoms with E-state index in [0.717, 1.165) is 6.54 Å². The largest absolute Gasteiger partial charge is 0.478 e. The number of carboxylic acid groups (broad SMARTS) is 1. The topological polar surface area (TPSA) is 62.5 Å². The Morgan fingerprint density at radius 3 is 2.33 bits per heavy atom. The Kier molecular flexibility index (Phi) is 8.83. The van der Waals surface area contributed by atoms with Gasteiger partial charge in [0.2, 0.25) is 0 Å². The zero-order valence-electron chi connectivity index (χ0n) is 13.4. The molecule has 0 bridgehead atoms. The van der Waals surface area contributed by atoms with Crippen LogP contribution >= 0.6 is 0 Å². The van der Waals surface area contributed by atoms with Crippen LogP contribution in [-0.2, 0) is 6.54 Å². The third kappa shape index (κ3) is 7.32. The number of aryl methyl sites for hydroxylation is 1. The van der Waals surface area contributed by atoms with Gasteiger partial charge in [0.1, 0.15) is 17.1 Å². The summed E-state index contributed by atoms with van der Waals surface area (Å²) in [6.07, 6.45) is 10.5. The second-order valence-electron chi connectivity index (χ2n) is 5.64. The Morgan fingerprint density at radius 2 is 1.76 bits per heavy atom. The van der Waals surface area contributed by atoms with Gasteiger partial charge in [-0.05, 0) is 26.0 Å². The van der Waals surface area contributed by atoms with Crippen LogP contribution in [-0.4, -0.2) is 17.6 Å². The lowest BCUT2D eigenvalue weighted by Crippen LogP contribution is -2.14. The van der Waals surface area contributed by atoms with Gasteiger partial charge >= 0.3 is 5.97 Å². The molecule has 0 aliphatic heterocycles. The van der Waals surface area contributed by atoms with Gasteiger partial charge < -0.3 is 14.8 Å². The van der Waals surface area contributed by atoms with Gasteiger partial charge in [-0.1, -0.05) is 51.9 Å². The highest BCUT2D eigenvalue weighted by Crippen LogP contribution is 2.14. The molecule has 0 spiro atoms. The molecule has 0 aromatic carbocycles. The third-order valence-corrected chi connectivity index (χ3v) is 3.71. The van der Waals surface area contributed by atoms with E-state index in [-0.39, 0.29) is 5.56 Å². The van der Waals surface area contributed by atoms with E-state index in [1.54, 1.807) is 13.0 Å². The van der Waals surface area contributed by atoms with E-state index in [2.05, 4.69) is 12.2 Å². The lowest BCUT2D eigenvalue weighted by Gasteiger charge is -2.03. The van der Waals surface area contributed by atoms with E-state index >= 15 is 0 Å². The van der Waals surface area contributed by atoms with Crippen LogP contribution in [0.5, 0.6) is 0 Å². The number of furan rings is 1. The second-order valence-corrected chi connectivity index (χ2v) is 5.64. The molecule has 0 unspecified atom stereocenters. The standard InChI is InChI=1S/C17H29NO3/c1-3-4-5-6-7-8-9-10-11-18-13-15-12-16(17(19)20)14(2)21-15/h12,18H,3-11,13H2,1-2H3,(H,19,20). The summed E-state index contributed by atoms with van der Waals surface area (Å²) >= 11 is 0. The Bertz CT molecular complexity index is 412. The van der Waals surface area contributed by atoms with Crippen LogP contribution in [0.1, 0.15) is 80.2 Å². The lowest BCUT2D eigenvalue weighted by molar-refractivity contribution is 0.0695. The maximum Gasteiger partial charge on any atom is 0.339 e. The van der Waals surface area contributed by atoms with Crippen molar-refractivity contribution in [1.29, 1.82) is 0 Å². The molecule has 0 aliphatic carbocycles. The van der Waals surface area contributed by atoms with Crippen molar-refractivity contribution in [3.05, 3.63) is 23.2 Å². The molecule has 0 radical (unpaired) electrons. The molecule has 120 valence electrons. The SMILES string of the molecule is CCCCCCCCCCNCc1cc(C(=O)O)c(C)o1. The van der Waals surface area contributed by atoms with Crippen LogP contribution in [0.4, 0.5) is 0 Å². The highest BCUT2D eigenvalue weighted by molar-refractivity contribution is 5.88. The van der Waals surface area contributed by atoms with E-state index in [1.165, 1.54) is 51.4 Å². The number of carbonyl (C=O) groups is 1. The molecule has 0 aliphatic rings. The molecule has 4 nitrogen and oxygen atoms in total. The van der Waals surface area contributed by atoms with Crippen molar-refractivity contribution in [2.75, 3.05) is 6.54 Å². The van der Waals surface area contributed by atoms with Crippen LogP contribution in [0.25, 0.3) is 0 Å². The van der Waals surface area contributed by atoms with Gasteiger partial charge in [-0.25, -0.2) is 4.79 Å². The van der Waals surface area contributed by atoms with Gasteiger partial charge in [-0.3, -0.25) is 0 Å². The zero-order chi connectivity index (χ0) is 15.5. The lowest BCUT2D eigenvalue weighted by atomic mass is 10.1. The fourth-order valence-corrected chi connectivity index (χ4v) is 2.44. The molecule has 0 saturated heterocycles. The van der Waals surface area contributed by atoms with Gasteiger partial charge in [-0.2, -0.15) is 0 Å². The van der Waals surface area contributed by atoms with Crippen molar-refractivity contribution >= 4 is 5.97 Å². The maximum absolute atomic E-state index is 10.9. The summed E-state index contributed by atoms with van der Waals surface area (Å²) in [5, 5.41) is 12.3. The summed E-state index contributed by atoms with van der Waals surface area (Å²) < 4.78 is 5.42. The molecule has 1 rings (SSSR count). The van der Waals surface area contributed by atoms with Crippen LogP contribution in [0.3, 0.4) is 0 Å². The Labute approximate surface area is 127 Å². The maximum atomic E-state index is 10.9. The van der Waals surface area contributed by atoms with Gasteiger partial charge in [0.25, 0.3) is 0 Å². The van der Waals surface area contributed by atoms with E-state index < -0.39 is 5.97 Å². The fourth-order valence-electron chi connectivity index (χ4n) is 2.44. The predicted octanol–water partition coefficient (Wildman–Crippen LogP) is 4.52. The van der Waals surface area contributed by atoms with Gasteiger partial charge in [0.15, 0.2) is 0 Å². The summed E-state index contributed by atoms with van der Waals surface area (Å²) in [4.78, 5) is 10.9. The number of carboxylic acids is 1. The molecule has 21 heavy (non-hydrogen) atoms. The van der Waals surface area contributed by atoms with Crippen LogP contribution in [0, 0.1) is 6.92 Å². The van der Waals surface area contributed by atoms with Crippen LogP contribution in [0.2, 0.25) is 0 Å². The molecule has 0 amide bonds. The van der Waals surface area contributed by atoms with E-state index in [9.17, 15) is 4.79 Å². The van der Waals surface area contributed by atoms with E-state index in [4.69, 9.17) is 9.52 Å². The molecule has 1 aromatic heterocycles. The first-order valence-corrected chi connectivity index (χ1v) is 8.18. The number of hydrogen-bond acceptors (Lipinski definition) is 3. The monoisotopic (exact) mass is 295 g/mol. The third-order valence-electron chi connectivity index (χ3n) is 3.71. The Morgan fingerprint density at radius 1 is 1.14 bits per heavy atom. The second kappa shape index (κ2) is 10.4. The van der Waals surface area contributed by atoms with Crippen LogP contribution in [0.15, 0.2) is 10.5 Å². The first-order chi connectivity index (χ1) is 10.1. The molecule has 0 fully saturated rings. The van der Waals surface area contributed by atoms with E-state index in [0.29, 0.717) is 18.1 Å². The summed E-state index contributed by atoms with van der Waals surface area (Å²) in [6, 6.07) is 1.61. The number of unbranched alkanes of at least 4 members (excludes halogenated alkanes) is 7. The fraction of sp³-hybridized carbons (Fsp3) is 0.706. The number of rotatable bonds is 12. The summed E-state index contributed by atoms with van der Waals surface area (Å²) in [5.41, 5.74) is 0.263. The molecular formula is C17H29NO3. The van der Waals surface area contributed by atoms with E-state index in [1.807, 2.05) is 0 Å². The van der Waals surface area contributed by atoms with Gasteiger partial charge in [0, 0.05) is 0 Å². The molecule has 1 aromatic rings. The number of nitrogens with one attached hydrogen (secondary N) is 1. The minimum atomic E-state index is -0.925. The summed E-state index contributed by atoms with van der Waals surface area (Å²) in [7, 11) is 0. The minimum absolute atomic E-state index is 0.263. The Hall–Kier alpha value is -1.29. The molecule has 1 heterocycles. The van der Waals surface area contributed by atoms with Crippen molar-refractivity contribution in [1.82, 2.24) is 5.32 Å². The van der Waals surface area contributed by atoms with Crippen molar-refractivity contribution < 1.29 is 14.3 Å². The van der Waals surface area contributed by atoms with Gasteiger partial charge in [-0.15, -0.1) is 0 Å². The molecular weight excluding hydrogens is 266 g/mol. The first kappa shape index (κ1) is 17.8. The molecule has 2 N–H and O–H groups in total. The van der Waals surface area contributed by atoms with Crippen molar-refractivity contribution in [2.45, 2.75) is 71.8 Å². The normalized spacial score (nSPS) is 11.0. The van der Waals surface area contributed by atoms with Crippen LogP contribution < -0.4 is 5.32 Å². The average Bonchev–Trinajstić information content (AvgIpc) is 2.82. The minimum Gasteiger partial charge on any atom is -0.478 e. The molecule has 0 atom stereocenters. The first-order valence-electron chi connectivity index (χ1n) is 8.18. The van der Waals surface area contributed by atoms with Gasteiger partial charge in [0.05, 0.1) is 6.54 Å². The molecule has 4 heteroatoms. The quantitative estimate of drug-likeness (QED) is 0.557. The summed E-state index contributed by atoms with van der Waals surface area (Å²) in [6.45, 7) is 5.48. The smallest absolute Gasteiger partial charge is 0.339 e. The highest BCUT2D eigenvalue weighted by atomic mass is 16.4. The van der Waals surface area contributed by atoms with Crippen molar-refractivity contribution in [3.8, 4) is 0 Å². The number of hydrogen-bond donors (Lipinski definition) is 2. The number of aromatic carboxylic acids is 1. The average molecular weight is 295 g/mol. The molecule has 0 saturated carbocycles. The predicted molar refractivity (Wildman–Crippen MR) is 84.7 cm³/mol. The Balaban J connectivity index is 2.02.